The van der Waals surface area contributed by atoms with Gasteiger partial charge in [0.05, 0.1) is 27.7 Å². The lowest BCUT2D eigenvalue weighted by molar-refractivity contribution is -0.142. The third kappa shape index (κ3) is 3.48. The number of hydrogen-bond acceptors (Lipinski definition) is 4. The van der Waals surface area contributed by atoms with Crippen LogP contribution in [0.1, 0.15) is 11.1 Å². The average molecular weight is 420 g/mol. The average Bonchev–Trinajstić information content (AvgIpc) is 2.82. The van der Waals surface area contributed by atoms with Crippen LogP contribution >= 0.6 is 12.2 Å². The highest BCUT2D eigenvalue weighted by atomic mass is 32.2. The number of nitrogens with one attached hydrogen (secondary N) is 1. The predicted octanol–water partition coefficient (Wildman–Crippen LogP) is 3.10. The summed E-state index contributed by atoms with van der Waals surface area (Å²) >= 11 is 4.48. The highest BCUT2D eigenvalue weighted by molar-refractivity contribution is 7.87. The first-order valence-electron chi connectivity index (χ1n) is 6.55. The number of thiocarbonyl (C=S) groups is 1. The summed E-state index contributed by atoms with van der Waals surface area (Å²) in [6.07, 6.45) is -10.4. The zero-order valence-corrected chi connectivity index (χ0v) is 14.6. The van der Waals surface area contributed by atoms with Gasteiger partial charge in [0.15, 0.2) is 0 Å². The van der Waals surface area contributed by atoms with Crippen LogP contribution in [-0.4, -0.2) is 41.3 Å². The first kappa shape index (κ1) is 20.4. The molecule has 0 bridgehead atoms. The van der Waals surface area contributed by atoms with Crippen LogP contribution in [-0.2, 0) is 22.6 Å². The summed E-state index contributed by atoms with van der Waals surface area (Å²) in [6, 6.07) is 0.174. The van der Waals surface area contributed by atoms with Crippen LogP contribution in [0.2, 0.25) is 0 Å². The highest BCUT2D eigenvalue weighted by Gasteiger charge is 2.41. The number of benzene rings is 1. The number of alkyl halides is 6. The van der Waals surface area contributed by atoms with Gasteiger partial charge in [-0.15, -0.1) is 0 Å². The molecular formula is C12H10F6N4O2S2. The maximum atomic E-state index is 13.4. The number of aromatic nitrogens is 2. The molecule has 1 aromatic carbocycles. The first-order valence-corrected chi connectivity index (χ1v) is 8.42. The van der Waals surface area contributed by atoms with E-state index in [9.17, 15) is 34.8 Å². The van der Waals surface area contributed by atoms with E-state index >= 15 is 0 Å². The minimum atomic E-state index is -5.27. The second kappa shape index (κ2) is 6.35. The first-order chi connectivity index (χ1) is 11.7. The topological polar surface area (TPSA) is 67.2 Å². The Balaban J connectivity index is 3.08. The molecule has 0 aliphatic carbocycles. The lowest BCUT2D eigenvalue weighted by Gasteiger charge is -2.18. The van der Waals surface area contributed by atoms with Crippen molar-refractivity contribution < 1.29 is 34.8 Å². The number of fused-ring (bicyclic) bond motifs is 1. The minimum absolute atomic E-state index is 0.160. The molecule has 14 heteroatoms. The Kier molecular flexibility index (Phi) is 4.98. The molecular weight excluding hydrogens is 410 g/mol. The number of halogens is 6. The smallest absolute Gasteiger partial charge is 0.322 e. The number of nitrogens with zero attached hydrogens (tertiary/aromatic N) is 3. The summed E-state index contributed by atoms with van der Waals surface area (Å²) in [6.45, 7) is 0. The van der Waals surface area contributed by atoms with Gasteiger partial charge in [0, 0.05) is 14.1 Å². The molecule has 2 rings (SSSR count). The van der Waals surface area contributed by atoms with Crippen LogP contribution in [0.15, 0.2) is 12.1 Å². The molecule has 6 nitrogen and oxygen atoms in total. The summed E-state index contributed by atoms with van der Waals surface area (Å²) in [4.78, 5) is 3.55. The summed E-state index contributed by atoms with van der Waals surface area (Å²) in [5.41, 5.74) is -4.49. The molecule has 1 heterocycles. The van der Waals surface area contributed by atoms with E-state index < -0.39 is 50.7 Å². The van der Waals surface area contributed by atoms with Crippen molar-refractivity contribution in [3.63, 3.8) is 0 Å². The molecule has 2 aromatic rings. The van der Waals surface area contributed by atoms with Crippen molar-refractivity contribution in [3.8, 4) is 0 Å². The van der Waals surface area contributed by atoms with Crippen LogP contribution in [0, 0.1) is 0 Å². The second-order valence-corrected chi connectivity index (χ2v) is 7.37. The minimum Gasteiger partial charge on any atom is -0.322 e. The summed E-state index contributed by atoms with van der Waals surface area (Å²) in [5, 5.41) is 2.15. The number of anilines is 1. The molecule has 0 spiro atoms. The van der Waals surface area contributed by atoms with Crippen LogP contribution in [0.5, 0.6) is 0 Å². The molecule has 0 fully saturated rings. The van der Waals surface area contributed by atoms with Crippen LogP contribution < -0.4 is 5.32 Å². The van der Waals surface area contributed by atoms with E-state index in [2.05, 4.69) is 22.5 Å². The van der Waals surface area contributed by atoms with Gasteiger partial charge in [-0.1, -0.05) is 12.2 Å². The van der Waals surface area contributed by atoms with Crippen LogP contribution in [0.4, 0.5) is 32.3 Å². The quantitative estimate of drug-likeness (QED) is 0.608. The van der Waals surface area contributed by atoms with Gasteiger partial charge < -0.3 is 5.32 Å². The van der Waals surface area contributed by atoms with Gasteiger partial charge in [0.2, 0.25) is 5.95 Å². The van der Waals surface area contributed by atoms with Gasteiger partial charge in [0.1, 0.15) is 0 Å². The standard InChI is InChI=1S/C12H10F6N4O2S2/c1-21(2)26(23,24)22-9-7(12(16,17)18)3-6(11(13,14)15)4-8(9)20-10(22)19-5-25/h3-5H,1-2H3,(H,19,20,25). The maximum absolute atomic E-state index is 13.4. The number of rotatable bonds is 4. The third-order valence-corrected chi connectivity index (χ3v) is 5.08. The van der Waals surface area contributed by atoms with Crippen molar-refractivity contribution >= 4 is 44.9 Å². The molecule has 0 radical (unpaired) electrons. The molecule has 1 aromatic heterocycles. The summed E-state index contributed by atoms with van der Waals surface area (Å²) in [7, 11) is -2.48. The lowest BCUT2D eigenvalue weighted by Crippen LogP contribution is -2.30. The Morgan fingerprint density at radius 3 is 2.15 bits per heavy atom. The molecule has 144 valence electrons. The van der Waals surface area contributed by atoms with Crippen molar-refractivity contribution in [1.82, 2.24) is 13.3 Å². The van der Waals surface area contributed by atoms with Gasteiger partial charge in [0.25, 0.3) is 0 Å². The SMILES string of the molecule is CN(C)S(=O)(=O)n1c(NC=S)nc2cc(C(F)(F)F)cc(C(F)(F)F)c21. The molecule has 0 amide bonds. The van der Waals surface area contributed by atoms with Gasteiger partial charge in [-0.25, -0.2) is 4.98 Å². The fourth-order valence-electron chi connectivity index (χ4n) is 2.09. The van der Waals surface area contributed by atoms with E-state index in [1.54, 1.807) is 0 Å². The number of hydrogen-bond donors (Lipinski definition) is 1. The molecule has 0 saturated heterocycles. The van der Waals surface area contributed by atoms with E-state index in [0.29, 0.717) is 10.4 Å². The molecule has 26 heavy (non-hydrogen) atoms. The predicted molar refractivity (Wildman–Crippen MR) is 85.0 cm³/mol. The van der Waals surface area contributed by atoms with E-state index in [1.165, 1.54) is 0 Å². The van der Waals surface area contributed by atoms with Gasteiger partial charge >= 0.3 is 22.6 Å². The van der Waals surface area contributed by atoms with Crippen LogP contribution in [0.3, 0.4) is 0 Å². The van der Waals surface area contributed by atoms with E-state index in [0.717, 1.165) is 19.6 Å². The third-order valence-electron chi connectivity index (χ3n) is 3.22. The Morgan fingerprint density at radius 2 is 1.73 bits per heavy atom. The molecule has 0 aliphatic rings. The van der Waals surface area contributed by atoms with Crippen molar-refractivity contribution in [2.75, 3.05) is 19.4 Å². The second-order valence-electron chi connectivity index (χ2n) is 5.14. The summed E-state index contributed by atoms with van der Waals surface area (Å²) < 4.78 is 105. The molecule has 0 saturated carbocycles. The van der Waals surface area contributed by atoms with Gasteiger partial charge in [-0.05, 0) is 12.1 Å². The fourth-order valence-corrected chi connectivity index (χ4v) is 3.26. The van der Waals surface area contributed by atoms with Crippen molar-refractivity contribution in [3.05, 3.63) is 23.3 Å². The van der Waals surface area contributed by atoms with E-state index in [-0.39, 0.29) is 10.0 Å². The lowest BCUT2D eigenvalue weighted by atomic mass is 10.1. The molecule has 0 atom stereocenters. The molecule has 0 unspecified atom stereocenters. The van der Waals surface area contributed by atoms with Crippen molar-refractivity contribution in [1.29, 1.82) is 0 Å². The largest absolute Gasteiger partial charge is 0.418 e. The zero-order chi connectivity index (χ0) is 20.1. The Labute approximate surface area is 148 Å². The van der Waals surface area contributed by atoms with Crippen LogP contribution in [0.25, 0.3) is 11.0 Å². The van der Waals surface area contributed by atoms with Crippen molar-refractivity contribution in [2.24, 2.45) is 0 Å². The summed E-state index contributed by atoms with van der Waals surface area (Å²) in [5.74, 6) is -0.673. The Morgan fingerprint density at radius 1 is 1.15 bits per heavy atom. The van der Waals surface area contributed by atoms with E-state index in [4.69, 9.17) is 0 Å². The monoisotopic (exact) mass is 420 g/mol. The molecule has 1 N–H and O–H groups in total. The Hall–Kier alpha value is -1.93. The van der Waals surface area contributed by atoms with Gasteiger partial charge in [-0.3, -0.25) is 0 Å². The van der Waals surface area contributed by atoms with Crippen molar-refractivity contribution in [2.45, 2.75) is 12.4 Å². The zero-order valence-electron chi connectivity index (χ0n) is 13.0. The van der Waals surface area contributed by atoms with Gasteiger partial charge in [-0.2, -0.15) is 43.0 Å². The fraction of sp³-hybridized carbons (Fsp3) is 0.333. The Bertz CT molecular complexity index is 963. The van der Waals surface area contributed by atoms with E-state index in [1.807, 2.05) is 0 Å². The normalized spacial score (nSPS) is 13.4. The highest BCUT2D eigenvalue weighted by Crippen LogP contribution is 2.41. The molecule has 0 aliphatic heterocycles. The number of imidazole rings is 1. The maximum Gasteiger partial charge on any atom is 0.418 e.